The number of esters is 1. The van der Waals surface area contributed by atoms with Gasteiger partial charge in [-0.2, -0.15) is 5.10 Å². The van der Waals surface area contributed by atoms with Gasteiger partial charge in [0.15, 0.2) is 0 Å². The number of amides is 1. The fraction of sp³-hybridized carbons (Fsp3) is 0.156. The van der Waals surface area contributed by atoms with Gasteiger partial charge in [0, 0.05) is 5.56 Å². The van der Waals surface area contributed by atoms with Crippen molar-refractivity contribution in [2.24, 2.45) is 5.10 Å². The molecule has 0 aromatic heterocycles. The summed E-state index contributed by atoms with van der Waals surface area (Å²) < 4.78 is 16.8. The molecule has 7 heteroatoms. The molecule has 0 bridgehead atoms. The van der Waals surface area contributed by atoms with E-state index in [4.69, 9.17) is 14.2 Å². The fourth-order valence-corrected chi connectivity index (χ4v) is 3.48. The summed E-state index contributed by atoms with van der Waals surface area (Å²) in [6, 6.07) is 30.4. The van der Waals surface area contributed by atoms with Crippen LogP contribution in [0.2, 0.25) is 0 Å². The van der Waals surface area contributed by atoms with Gasteiger partial charge in [0.2, 0.25) is 0 Å². The van der Waals surface area contributed by atoms with Crippen LogP contribution in [-0.4, -0.2) is 24.7 Å². The van der Waals surface area contributed by atoms with Gasteiger partial charge in [-0.15, -0.1) is 0 Å². The van der Waals surface area contributed by atoms with Crippen LogP contribution in [0, 0.1) is 0 Å². The molecule has 4 rings (SSSR count). The van der Waals surface area contributed by atoms with Gasteiger partial charge in [-0.3, -0.25) is 4.79 Å². The number of benzene rings is 4. The molecule has 0 aliphatic carbocycles. The van der Waals surface area contributed by atoms with Crippen molar-refractivity contribution in [2.75, 3.05) is 6.61 Å². The molecule has 39 heavy (non-hydrogen) atoms. The highest BCUT2D eigenvalue weighted by Gasteiger charge is 2.09. The lowest BCUT2D eigenvalue weighted by Gasteiger charge is -2.07. The highest BCUT2D eigenvalue weighted by molar-refractivity contribution is 5.95. The molecule has 0 unspecified atom stereocenters. The van der Waals surface area contributed by atoms with Gasteiger partial charge in [-0.1, -0.05) is 43.7 Å². The van der Waals surface area contributed by atoms with Gasteiger partial charge in [0.25, 0.3) is 5.91 Å². The monoisotopic (exact) mass is 522 g/mol. The average molecular weight is 523 g/mol. The third-order valence-corrected chi connectivity index (χ3v) is 5.69. The topological polar surface area (TPSA) is 86.2 Å². The van der Waals surface area contributed by atoms with Crippen LogP contribution < -0.4 is 19.6 Å². The minimum atomic E-state index is -0.458. The maximum atomic E-state index is 12.4. The molecule has 0 atom stereocenters. The van der Waals surface area contributed by atoms with Crippen molar-refractivity contribution >= 4 is 18.1 Å². The molecule has 7 nitrogen and oxygen atoms in total. The summed E-state index contributed by atoms with van der Waals surface area (Å²) in [7, 11) is 0. The van der Waals surface area contributed by atoms with E-state index in [2.05, 4.69) is 17.5 Å². The molecule has 4 aromatic rings. The van der Waals surface area contributed by atoms with E-state index in [0.29, 0.717) is 35.8 Å². The van der Waals surface area contributed by atoms with E-state index in [1.165, 1.54) is 6.21 Å². The van der Waals surface area contributed by atoms with Crippen LogP contribution in [0.3, 0.4) is 0 Å². The summed E-state index contributed by atoms with van der Waals surface area (Å²) in [5, 5.41) is 4.01. The number of rotatable bonds is 12. The number of carbonyl (C=O) groups excluding carboxylic acids is 2. The summed E-state index contributed by atoms with van der Waals surface area (Å²) >= 11 is 0. The van der Waals surface area contributed by atoms with Crippen LogP contribution in [-0.2, 0) is 6.61 Å². The second-order valence-electron chi connectivity index (χ2n) is 8.68. The molecule has 4 aromatic carbocycles. The minimum absolute atomic E-state index is 0.340. The molecule has 0 saturated heterocycles. The van der Waals surface area contributed by atoms with Gasteiger partial charge in [-0.25, -0.2) is 10.2 Å². The van der Waals surface area contributed by atoms with Crippen LogP contribution >= 0.6 is 0 Å². The van der Waals surface area contributed by atoms with Crippen molar-refractivity contribution in [1.82, 2.24) is 5.43 Å². The number of carbonyl (C=O) groups is 2. The molecule has 198 valence electrons. The number of hydrogen-bond donors (Lipinski definition) is 1. The van der Waals surface area contributed by atoms with E-state index in [9.17, 15) is 9.59 Å². The highest BCUT2D eigenvalue weighted by Crippen LogP contribution is 2.17. The molecule has 1 N–H and O–H groups in total. The molecule has 0 aliphatic heterocycles. The van der Waals surface area contributed by atoms with E-state index in [1.54, 1.807) is 72.8 Å². The Morgan fingerprint density at radius 2 is 1.36 bits per heavy atom. The number of hydrogen-bond acceptors (Lipinski definition) is 6. The maximum absolute atomic E-state index is 12.4. The second-order valence-corrected chi connectivity index (χ2v) is 8.68. The lowest BCUT2D eigenvalue weighted by molar-refractivity contribution is 0.0734. The first-order valence-electron chi connectivity index (χ1n) is 12.8. The maximum Gasteiger partial charge on any atom is 0.343 e. The summed E-state index contributed by atoms with van der Waals surface area (Å²) in [4.78, 5) is 24.8. The number of unbranched alkanes of at least 4 members (excludes halogenated alkanes) is 1. The quantitative estimate of drug-likeness (QED) is 0.0762. The third-order valence-electron chi connectivity index (χ3n) is 5.69. The van der Waals surface area contributed by atoms with E-state index in [1.807, 2.05) is 30.3 Å². The first-order chi connectivity index (χ1) is 19.1. The molecule has 0 saturated carbocycles. The normalized spacial score (nSPS) is 10.7. The van der Waals surface area contributed by atoms with Crippen molar-refractivity contribution < 1.29 is 23.8 Å². The summed E-state index contributed by atoms with van der Waals surface area (Å²) in [6.07, 6.45) is 3.55. The van der Waals surface area contributed by atoms with E-state index < -0.39 is 5.97 Å². The fourth-order valence-electron chi connectivity index (χ4n) is 3.48. The van der Waals surface area contributed by atoms with Crippen LogP contribution in [0.1, 0.15) is 51.6 Å². The van der Waals surface area contributed by atoms with Crippen molar-refractivity contribution in [3.05, 3.63) is 125 Å². The Morgan fingerprint density at radius 3 is 2.03 bits per heavy atom. The van der Waals surface area contributed by atoms with Gasteiger partial charge >= 0.3 is 5.97 Å². The van der Waals surface area contributed by atoms with E-state index in [0.717, 1.165) is 29.7 Å². The summed E-state index contributed by atoms with van der Waals surface area (Å²) in [6.45, 7) is 3.21. The average Bonchev–Trinajstić information content (AvgIpc) is 2.98. The smallest absolute Gasteiger partial charge is 0.343 e. The van der Waals surface area contributed by atoms with Crippen molar-refractivity contribution in [3.63, 3.8) is 0 Å². The molecule has 0 radical (unpaired) electrons. The van der Waals surface area contributed by atoms with Crippen LogP contribution in [0.15, 0.2) is 108 Å². The van der Waals surface area contributed by atoms with Gasteiger partial charge in [-0.05, 0) is 90.3 Å². The van der Waals surface area contributed by atoms with Crippen molar-refractivity contribution in [2.45, 2.75) is 26.4 Å². The lowest BCUT2D eigenvalue weighted by atomic mass is 10.2. The number of ether oxygens (including phenoxy) is 3. The predicted octanol–water partition coefficient (Wildman–Crippen LogP) is 6.43. The standard InChI is InChI=1S/C32H30N2O5/c1-2-3-21-37-28-19-13-27(14-20-28)32(36)39-30-15-9-24(10-16-30)22-33-34-31(35)26-11-17-29(18-12-26)38-23-25-7-5-4-6-8-25/h4-20,22H,2-3,21,23H2,1H3,(H,34,35)/b33-22+. The Labute approximate surface area is 228 Å². The Kier molecular flexibility index (Phi) is 9.84. The molecule has 0 heterocycles. The number of nitrogens with one attached hydrogen (secondary N) is 1. The van der Waals surface area contributed by atoms with Gasteiger partial charge in [0.05, 0.1) is 18.4 Å². The van der Waals surface area contributed by atoms with Crippen LogP contribution in [0.4, 0.5) is 0 Å². The zero-order valence-electron chi connectivity index (χ0n) is 21.7. The van der Waals surface area contributed by atoms with Gasteiger partial charge < -0.3 is 14.2 Å². The first-order valence-corrected chi connectivity index (χ1v) is 12.8. The Morgan fingerprint density at radius 1 is 0.744 bits per heavy atom. The summed E-state index contributed by atoms with van der Waals surface area (Å²) in [5.74, 6) is 1.00. The van der Waals surface area contributed by atoms with Crippen LogP contribution in [0.25, 0.3) is 0 Å². The van der Waals surface area contributed by atoms with Crippen molar-refractivity contribution in [1.29, 1.82) is 0 Å². The molecule has 0 fully saturated rings. The molecule has 1 amide bonds. The SMILES string of the molecule is CCCCOc1ccc(C(=O)Oc2ccc(/C=N/NC(=O)c3ccc(OCc4ccccc4)cc3)cc2)cc1. The van der Waals surface area contributed by atoms with Crippen molar-refractivity contribution in [3.8, 4) is 17.2 Å². The predicted molar refractivity (Wildman–Crippen MR) is 151 cm³/mol. The Balaban J connectivity index is 1.22. The zero-order valence-corrected chi connectivity index (χ0v) is 21.7. The molecule has 0 aliphatic rings. The molecular weight excluding hydrogens is 492 g/mol. The largest absolute Gasteiger partial charge is 0.494 e. The minimum Gasteiger partial charge on any atom is -0.494 e. The third kappa shape index (κ3) is 8.57. The Hall–Kier alpha value is -4.91. The number of nitrogens with zero attached hydrogens (tertiary/aromatic N) is 1. The molecule has 0 spiro atoms. The van der Waals surface area contributed by atoms with E-state index in [-0.39, 0.29) is 5.91 Å². The number of hydrazone groups is 1. The summed E-state index contributed by atoms with van der Waals surface area (Å²) in [5.41, 5.74) is 5.20. The second kappa shape index (κ2) is 14.1. The van der Waals surface area contributed by atoms with Gasteiger partial charge in [0.1, 0.15) is 23.9 Å². The van der Waals surface area contributed by atoms with E-state index >= 15 is 0 Å². The first kappa shape index (κ1) is 27.1. The Bertz CT molecular complexity index is 1370. The molecular formula is C32H30N2O5. The lowest BCUT2D eigenvalue weighted by Crippen LogP contribution is -2.17. The highest BCUT2D eigenvalue weighted by atomic mass is 16.5. The zero-order chi connectivity index (χ0) is 27.3. The van der Waals surface area contributed by atoms with Crippen LogP contribution in [0.5, 0.6) is 17.2 Å².